The predicted octanol–water partition coefficient (Wildman–Crippen LogP) is 0.781. The molecule has 1 aliphatic heterocycles. The molecule has 5 nitrogen and oxygen atoms in total. The Morgan fingerprint density at radius 2 is 2.60 bits per heavy atom. The summed E-state index contributed by atoms with van der Waals surface area (Å²) in [4.78, 5) is 11.3. The molecule has 0 aliphatic carbocycles. The van der Waals surface area contributed by atoms with Gasteiger partial charge >= 0.3 is 5.97 Å². The Balaban J connectivity index is 2.16. The van der Waals surface area contributed by atoms with E-state index < -0.39 is 0 Å². The molecule has 1 aromatic heterocycles. The Morgan fingerprint density at radius 1 is 1.80 bits per heavy atom. The van der Waals surface area contributed by atoms with Crippen molar-refractivity contribution < 1.29 is 9.53 Å². The van der Waals surface area contributed by atoms with Gasteiger partial charge < -0.3 is 10.5 Å². The van der Waals surface area contributed by atoms with Crippen molar-refractivity contribution in [3.8, 4) is 0 Å². The van der Waals surface area contributed by atoms with Crippen molar-refractivity contribution >= 4 is 5.97 Å². The van der Waals surface area contributed by atoms with E-state index >= 15 is 0 Å². The summed E-state index contributed by atoms with van der Waals surface area (Å²) < 4.78 is 6.54. The summed E-state index contributed by atoms with van der Waals surface area (Å²) >= 11 is 0. The van der Waals surface area contributed by atoms with Crippen LogP contribution in [-0.2, 0) is 9.53 Å². The lowest BCUT2D eigenvalue weighted by Crippen LogP contribution is -2.14. The highest BCUT2D eigenvalue weighted by Crippen LogP contribution is 2.21. The number of hydrogen-bond acceptors (Lipinski definition) is 4. The van der Waals surface area contributed by atoms with Crippen LogP contribution < -0.4 is 5.73 Å². The smallest absolute Gasteiger partial charge is 0.331 e. The lowest BCUT2D eigenvalue weighted by molar-refractivity contribution is -0.140. The van der Waals surface area contributed by atoms with E-state index in [1.165, 1.54) is 0 Å². The van der Waals surface area contributed by atoms with Gasteiger partial charge in [0.25, 0.3) is 0 Å². The summed E-state index contributed by atoms with van der Waals surface area (Å²) in [6, 6.07) is -0.265. The van der Waals surface area contributed by atoms with Crippen molar-refractivity contribution in [2.75, 3.05) is 6.61 Å². The highest BCUT2D eigenvalue weighted by atomic mass is 16.5. The van der Waals surface area contributed by atoms with Crippen LogP contribution in [0.1, 0.15) is 37.4 Å². The van der Waals surface area contributed by atoms with Gasteiger partial charge in [-0.15, -0.1) is 0 Å². The average molecular weight is 209 g/mol. The minimum Gasteiger partial charge on any atom is -0.464 e. The Morgan fingerprint density at radius 3 is 3.20 bits per heavy atom. The van der Waals surface area contributed by atoms with Crippen LogP contribution >= 0.6 is 0 Å². The molecule has 2 heterocycles. The van der Waals surface area contributed by atoms with Gasteiger partial charge in [-0.25, -0.2) is 4.79 Å². The maximum Gasteiger partial charge on any atom is 0.331 e. The number of esters is 1. The van der Waals surface area contributed by atoms with E-state index in [1.54, 1.807) is 10.9 Å². The summed E-state index contributed by atoms with van der Waals surface area (Å²) in [6.45, 7) is 2.50. The first-order chi connectivity index (χ1) is 7.22. The zero-order valence-electron chi connectivity index (χ0n) is 8.72. The van der Waals surface area contributed by atoms with Crippen molar-refractivity contribution in [3.05, 3.63) is 18.0 Å². The molecule has 0 saturated carbocycles. The number of rotatable bonds is 3. The number of nitrogens with two attached hydrogens (primary N) is 1. The van der Waals surface area contributed by atoms with E-state index in [0.29, 0.717) is 13.0 Å². The summed E-state index contributed by atoms with van der Waals surface area (Å²) in [5.41, 5.74) is 6.84. The Bertz CT molecular complexity index is 361. The second kappa shape index (κ2) is 4.02. The highest BCUT2D eigenvalue weighted by Gasteiger charge is 2.28. The Labute approximate surface area is 88.2 Å². The maximum absolute atomic E-state index is 11.3. The van der Waals surface area contributed by atoms with Crippen LogP contribution in [0.3, 0.4) is 0 Å². The number of carbonyl (C=O) groups excluding carboxylic acids is 1. The predicted molar refractivity (Wildman–Crippen MR) is 54.1 cm³/mol. The zero-order chi connectivity index (χ0) is 10.8. The number of carbonyl (C=O) groups is 1. The molecule has 0 bridgehead atoms. The van der Waals surface area contributed by atoms with Crippen LogP contribution in [0.15, 0.2) is 12.4 Å². The van der Waals surface area contributed by atoms with Gasteiger partial charge in [0.05, 0.1) is 12.8 Å². The molecule has 2 rings (SSSR count). The summed E-state index contributed by atoms with van der Waals surface area (Å²) in [7, 11) is 0. The van der Waals surface area contributed by atoms with E-state index in [9.17, 15) is 4.79 Å². The van der Waals surface area contributed by atoms with E-state index in [2.05, 4.69) is 5.10 Å². The molecule has 15 heavy (non-hydrogen) atoms. The molecule has 1 aromatic rings. The molecule has 0 radical (unpaired) electrons. The van der Waals surface area contributed by atoms with Gasteiger partial charge in [-0.05, 0) is 6.42 Å². The number of ether oxygens (including phenoxy) is 1. The largest absolute Gasteiger partial charge is 0.464 e. The highest BCUT2D eigenvalue weighted by molar-refractivity contribution is 5.75. The summed E-state index contributed by atoms with van der Waals surface area (Å²) in [6.07, 6.45) is 5.12. The molecule has 2 N–H and O–H groups in total. The van der Waals surface area contributed by atoms with Crippen LogP contribution in [0.2, 0.25) is 0 Å². The molecule has 5 heteroatoms. The molecule has 0 amide bonds. The average Bonchev–Trinajstić information content (AvgIpc) is 2.84. The second-order valence-corrected chi connectivity index (χ2v) is 3.74. The molecular weight excluding hydrogens is 194 g/mol. The van der Waals surface area contributed by atoms with E-state index in [4.69, 9.17) is 10.5 Å². The SMILES string of the molecule is CC[C@@H](N)c1cnn(C2CCOC2=O)c1. The van der Waals surface area contributed by atoms with Crippen LogP contribution in [0.5, 0.6) is 0 Å². The second-order valence-electron chi connectivity index (χ2n) is 3.74. The minimum absolute atomic E-state index is 0.00354. The van der Waals surface area contributed by atoms with Gasteiger partial charge in [0, 0.05) is 24.2 Å². The summed E-state index contributed by atoms with van der Waals surface area (Å²) in [5.74, 6) is -0.199. The third-order valence-corrected chi connectivity index (χ3v) is 2.72. The first kappa shape index (κ1) is 10.2. The van der Waals surface area contributed by atoms with Crippen molar-refractivity contribution in [2.45, 2.75) is 31.8 Å². The Kier molecular flexibility index (Phi) is 2.73. The zero-order valence-corrected chi connectivity index (χ0v) is 8.72. The van der Waals surface area contributed by atoms with Crippen molar-refractivity contribution in [1.82, 2.24) is 9.78 Å². The first-order valence-electron chi connectivity index (χ1n) is 5.18. The van der Waals surface area contributed by atoms with Gasteiger partial charge in [-0.1, -0.05) is 6.92 Å². The van der Waals surface area contributed by atoms with E-state index in [1.807, 2.05) is 13.1 Å². The van der Waals surface area contributed by atoms with Gasteiger partial charge in [-0.2, -0.15) is 5.10 Å². The van der Waals surface area contributed by atoms with Crippen LogP contribution in [0, 0.1) is 0 Å². The van der Waals surface area contributed by atoms with E-state index in [0.717, 1.165) is 12.0 Å². The van der Waals surface area contributed by atoms with Crippen LogP contribution in [0.4, 0.5) is 0 Å². The first-order valence-corrected chi connectivity index (χ1v) is 5.18. The van der Waals surface area contributed by atoms with Crippen molar-refractivity contribution in [3.63, 3.8) is 0 Å². The standard InChI is InChI=1S/C10H15N3O2/c1-2-8(11)7-5-12-13(6-7)9-3-4-15-10(9)14/h5-6,8-9H,2-4,11H2,1H3/t8-,9?/m1/s1. The molecule has 1 unspecified atom stereocenters. The third-order valence-electron chi connectivity index (χ3n) is 2.72. The molecule has 82 valence electrons. The quantitative estimate of drug-likeness (QED) is 0.747. The third kappa shape index (κ3) is 1.87. The van der Waals surface area contributed by atoms with Gasteiger partial charge in [0.2, 0.25) is 0 Å². The topological polar surface area (TPSA) is 70.1 Å². The fraction of sp³-hybridized carbons (Fsp3) is 0.600. The molecule has 2 atom stereocenters. The van der Waals surface area contributed by atoms with Gasteiger partial charge in [0.1, 0.15) is 0 Å². The molecule has 1 fully saturated rings. The fourth-order valence-corrected chi connectivity index (χ4v) is 1.68. The number of nitrogens with zero attached hydrogens (tertiary/aromatic N) is 2. The maximum atomic E-state index is 11.3. The lowest BCUT2D eigenvalue weighted by Gasteiger charge is -2.06. The lowest BCUT2D eigenvalue weighted by atomic mass is 10.1. The van der Waals surface area contributed by atoms with Crippen molar-refractivity contribution in [1.29, 1.82) is 0 Å². The number of hydrogen-bond donors (Lipinski definition) is 1. The molecule has 1 saturated heterocycles. The van der Waals surface area contributed by atoms with Crippen molar-refractivity contribution in [2.24, 2.45) is 5.73 Å². The van der Waals surface area contributed by atoms with Gasteiger partial charge in [0.15, 0.2) is 6.04 Å². The normalized spacial score (nSPS) is 22.8. The minimum atomic E-state index is -0.261. The molecular formula is C10H15N3O2. The van der Waals surface area contributed by atoms with Gasteiger partial charge in [-0.3, -0.25) is 4.68 Å². The molecule has 0 aromatic carbocycles. The summed E-state index contributed by atoms with van der Waals surface area (Å²) in [5, 5.41) is 4.15. The monoisotopic (exact) mass is 209 g/mol. The molecule has 0 spiro atoms. The fourth-order valence-electron chi connectivity index (χ4n) is 1.68. The number of cyclic esters (lactones) is 1. The van der Waals surface area contributed by atoms with Crippen LogP contribution in [0.25, 0.3) is 0 Å². The number of aromatic nitrogens is 2. The van der Waals surface area contributed by atoms with Crippen LogP contribution in [-0.4, -0.2) is 22.4 Å². The molecule has 1 aliphatic rings. The Hall–Kier alpha value is -1.36. The van der Waals surface area contributed by atoms with E-state index in [-0.39, 0.29) is 18.1 Å².